The fraction of sp³-hybridized carbons (Fsp3) is 0.556. The van der Waals surface area contributed by atoms with Gasteiger partial charge in [0.15, 0.2) is 5.82 Å². The molecule has 1 heterocycles. The van der Waals surface area contributed by atoms with E-state index in [1.807, 2.05) is 0 Å². The lowest BCUT2D eigenvalue weighted by molar-refractivity contribution is -0.123. The van der Waals surface area contributed by atoms with Gasteiger partial charge in [-0.2, -0.15) is 5.10 Å². The first-order valence-corrected chi connectivity index (χ1v) is 6.44. The van der Waals surface area contributed by atoms with Crippen molar-refractivity contribution < 1.29 is 13.2 Å². The molecule has 0 spiro atoms. The van der Waals surface area contributed by atoms with E-state index in [-0.39, 0.29) is 16.6 Å². The highest BCUT2D eigenvalue weighted by Gasteiger charge is 2.25. The first-order chi connectivity index (χ1) is 7.51. The molecule has 1 aromatic rings. The largest absolute Gasteiger partial charge is 0.308 e. The second-order valence-corrected chi connectivity index (χ2v) is 6.29. The van der Waals surface area contributed by atoms with Crippen LogP contribution >= 0.6 is 0 Å². The van der Waals surface area contributed by atoms with Crippen LogP contribution in [0.2, 0.25) is 0 Å². The number of nitrogens with one attached hydrogen (secondary N) is 1. The van der Waals surface area contributed by atoms with Crippen LogP contribution in [-0.2, 0) is 21.9 Å². The Bertz CT molecular complexity index is 539. The number of carbonyl (C=O) groups is 1. The second kappa shape index (κ2) is 4.11. The Labute approximate surface area is 100 Å². The van der Waals surface area contributed by atoms with E-state index in [0.29, 0.717) is 0 Å². The van der Waals surface area contributed by atoms with Crippen LogP contribution in [0.15, 0.2) is 11.1 Å². The number of rotatable bonds is 2. The first-order valence-electron chi connectivity index (χ1n) is 4.89. The van der Waals surface area contributed by atoms with E-state index in [1.54, 1.807) is 27.8 Å². The molecule has 0 saturated carbocycles. The van der Waals surface area contributed by atoms with Gasteiger partial charge < -0.3 is 5.32 Å². The van der Waals surface area contributed by atoms with Crippen molar-refractivity contribution in [2.24, 2.45) is 17.6 Å². The monoisotopic (exact) mass is 260 g/mol. The molecule has 0 aromatic carbocycles. The normalized spacial score (nSPS) is 12.5. The highest BCUT2D eigenvalue weighted by atomic mass is 32.2. The van der Waals surface area contributed by atoms with Crippen molar-refractivity contribution in [2.75, 3.05) is 5.32 Å². The molecule has 0 aliphatic heterocycles. The Balaban J connectivity index is 3.13. The second-order valence-electron chi connectivity index (χ2n) is 4.76. The SMILES string of the molecule is Cn1cc(S(N)(=O)=O)c(NC(=O)C(C)(C)C)n1. The van der Waals surface area contributed by atoms with Crippen molar-refractivity contribution in [2.45, 2.75) is 25.7 Å². The lowest BCUT2D eigenvalue weighted by atomic mass is 9.96. The van der Waals surface area contributed by atoms with Crippen LogP contribution in [0.25, 0.3) is 0 Å². The number of primary sulfonamides is 1. The number of nitrogens with two attached hydrogens (primary N) is 1. The quantitative estimate of drug-likeness (QED) is 0.783. The molecular weight excluding hydrogens is 244 g/mol. The number of nitrogens with zero attached hydrogens (tertiary/aromatic N) is 2. The van der Waals surface area contributed by atoms with Gasteiger partial charge in [0, 0.05) is 18.7 Å². The average molecular weight is 260 g/mol. The molecule has 7 nitrogen and oxygen atoms in total. The van der Waals surface area contributed by atoms with Crippen molar-refractivity contribution in [3.8, 4) is 0 Å². The zero-order valence-corrected chi connectivity index (χ0v) is 11.0. The Hall–Kier alpha value is -1.41. The number of carbonyl (C=O) groups excluding carboxylic acids is 1. The predicted octanol–water partition coefficient (Wildman–Crippen LogP) is 0.0521. The Morgan fingerprint density at radius 2 is 2.00 bits per heavy atom. The van der Waals surface area contributed by atoms with Gasteiger partial charge in [-0.3, -0.25) is 9.48 Å². The minimum absolute atomic E-state index is 0.0464. The zero-order valence-electron chi connectivity index (χ0n) is 10.2. The summed E-state index contributed by atoms with van der Waals surface area (Å²) in [6.45, 7) is 5.13. The van der Waals surface area contributed by atoms with Crippen molar-refractivity contribution in [1.82, 2.24) is 9.78 Å². The van der Waals surface area contributed by atoms with Crippen LogP contribution in [-0.4, -0.2) is 24.1 Å². The Morgan fingerprint density at radius 3 is 2.41 bits per heavy atom. The fourth-order valence-electron chi connectivity index (χ4n) is 1.06. The van der Waals surface area contributed by atoms with Gasteiger partial charge in [-0.15, -0.1) is 0 Å². The maximum Gasteiger partial charge on any atom is 0.243 e. The number of aromatic nitrogens is 2. The third kappa shape index (κ3) is 3.27. The third-order valence-electron chi connectivity index (χ3n) is 2.01. The molecule has 8 heteroatoms. The molecule has 1 amide bonds. The van der Waals surface area contributed by atoms with Gasteiger partial charge in [-0.1, -0.05) is 20.8 Å². The third-order valence-corrected chi connectivity index (χ3v) is 2.93. The molecule has 96 valence electrons. The van der Waals surface area contributed by atoms with E-state index in [1.165, 1.54) is 10.9 Å². The summed E-state index contributed by atoms with van der Waals surface area (Å²) in [6, 6.07) is 0. The molecule has 1 rings (SSSR count). The van der Waals surface area contributed by atoms with Crippen LogP contribution in [0.1, 0.15) is 20.8 Å². The summed E-state index contributed by atoms with van der Waals surface area (Å²) in [4.78, 5) is 11.5. The summed E-state index contributed by atoms with van der Waals surface area (Å²) >= 11 is 0. The van der Waals surface area contributed by atoms with Gasteiger partial charge in [-0.05, 0) is 0 Å². The van der Waals surface area contributed by atoms with Gasteiger partial charge in [0.05, 0.1) is 0 Å². The van der Waals surface area contributed by atoms with Crippen LogP contribution in [0.3, 0.4) is 0 Å². The van der Waals surface area contributed by atoms with Crippen LogP contribution in [0, 0.1) is 5.41 Å². The summed E-state index contributed by atoms with van der Waals surface area (Å²) in [5, 5.41) is 11.3. The predicted molar refractivity (Wildman–Crippen MR) is 62.7 cm³/mol. The molecular formula is C9H16N4O3S. The summed E-state index contributed by atoms with van der Waals surface area (Å²) in [6.07, 6.45) is 1.24. The van der Waals surface area contributed by atoms with Gasteiger partial charge in [-0.25, -0.2) is 13.6 Å². The van der Waals surface area contributed by atoms with Crippen LogP contribution in [0.5, 0.6) is 0 Å². The molecule has 0 unspecified atom stereocenters. The summed E-state index contributed by atoms with van der Waals surface area (Å²) in [7, 11) is -2.36. The van der Waals surface area contributed by atoms with E-state index in [4.69, 9.17) is 5.14 Å². The minimum Gasteiger partial charge on any atom is -0.308 e. The zero-order chi connectivity index (χ0) is 13.4. The van der Waals surface area contributed by atoms with Gasteiger partial charge in [0.1, 0.15) is 4.90 Å². The number of sulfonamides is 1. The highest BCUT2D eigenvalue weighted by molar-refractivity contribution is 7.89. The Kier molecular flexibility index (Phi) is 3.30. The fourth-order valence-corrected chi connectivity index (χ4v) is 1.72. The highest BCUT2D eigenvalue weighted by Crippen LogP contribution is 2.21. The molecule has 0 saturated heterocycles. The summed E-state index contributed by atoms with van der Waals surface area (Å²) < 4.78 is 23.8. The molecule has 3 N–H and O–H groups in total. The van der Waals surface area contributed by atoms with E-state index in [2.05, 4.69) is 10.4 Å². The van der Waals surface area contributed by atoms with Crippen molar-refractivity contribution >= 4 is 21.7 Å². The topological polar surface area (TPSA) is 107 Å². The van der Waals surface area contributed by atoms with Crippen LogP contribution < -0.4 is 10.5 Å². The first kappa shape index (κ1) is 13.7. The standard InChI is InChI=1S/C9H16N4O3S/c1-9(2,3)8(14)11-7-6(17(10,15)16)5-13(4)12-7/h5H,1-4H3,(H2,10,15,16)(H,11,12,14). The number of hydrogen-bond donors (Lipinski definition) is 2. The van der Waals surface area contributed by atoms with Crippen LogP contribution in [0.4, 0.5) is 5.82 Å². The Morgan fingerprint density at radius 1 is 1.47 bits per heavy atom. The molecule has 0 aliphatic rings. The molecule has 0 aliphatic carbocycles. The van der Waals surface area contributed by atoms with E-state index in [9.17, 15) is 13.2 Å². The van der Waals surface area contributed by atoms with Gasteiger partial charge >= 0.3 is 0 Å². The number of hydrogen-bond acceptors (Lipinski definition) is 4. The maximum absolute atomic E-state index is 11.7. The maximum atomic E-state index is 11.7. The van der Waals surface area contributed by atoms with Crippen molar-refractivity contribution in [1.29, 1.82) is 0 Å². The number of aryl methyl sites for hydroxylation is 1. The molecule has 1 aromatic heterocycles. The van der Waals surface area contributed by atoms with Gasteiger partial charge in [0.25, 0.3) is 0 Å². The van der Waals surface area contributed by atoms with E-state index >= 15 is 0 Å². The number of amides is 1. The molecule has 0 bridgehead atoms. The minimum atomic E-state index is -3.90. The van der Waals surface area contributed by atoms with Gasteiger partial charge in [0.2, 0.25) is 15.9 Å². The number of anilines is 1. The van der Waals surface area contributed by atoms with E-state index < -0.39 is 15.4 Å². The molecule has 0 radical (unpaired) electrons. The van der Waals surface area contributed by atoms with E-state index in [0.717, 1.165) is 0 Å². The smallest absolute Gasteiger partial charge is 0.243 e. The van der Waals surface area contributed by atoms with Crippen molar-refractivity contribution in [3.63, 3.8) is 0 Å². The summed E-state index contributed by atoms with van der Waals surface area (Å²) in [5.74, 6) is -0.379. The summed E-state index contributed by atoms with van der Waals surface area (Å²) in [5.41, 5.74) is -0.646. The molecule has 0 atom stereocenters. The average Bonchev–Trinajstić information content (AvgIpc) is 2.44. The lowest BCUT2D eigenvalue weighted by Gasteiger charge is -2.16. The molecule has 0 fully saturated rings. The van der Waals surface area contributed by atoms with Crippen molar-refractivity contribution in [3.05, 3.63) is 6.20 Å². The lowest BCUT2D eigenvalue weighted by Crippen LogP contribution is -2.28. The molecule has 17 heavy (non-hydrogen) atoms.